The van der Waals surface area contributed by atoms with Crippen molar-refractivity contribution < 1.29 is 14.8 Å². The summed E-state index contributed by atoms with van der Waals surface area (Å²) in [6, 6.07) is 4.63. The molecule has 0 fully saturated rings. The zero-order chi connectivity index (χ0) is 14.6. The Morgan fingerprint density at radius 3 is 2.63 bits per heavy atom. The first-order valence-electron chi connectivity index (χ1n) is 6.07. The predicted molar refractivity (Wildman–Crippen MR) is 72.4 cm³/mol. The molecule has 0 amide bonds. The third-order valence-corrected chi connectivity index (χ3v) is 3.05. The number of nitrogens with zero attached hydrogens (tertiary/aromatic N) is 1. The van der Waals surface area contributed by atoms with Gasteiger partial charge in [-0.3, -0.25) is 10.1 Å². The Hall–Kier alpha value is -2.11. The molecule has 1 aromatic carbocycles. The van der Waals surface area contributed by atoms with Gasteiger partial charge in [-0.05, 0) is 26.3 Å². The van der Waals surface area contributed by atoms with Crippen LogP contribution in [-0.2, 0) is 4.79 Å². The van der Waals surface area contributed by atoms with Crippen molar-refractivity contribution in [2.24, 2.45) is 0 Å². The molecule has 0 spiro atoms. The smallest absolute Gasteiger partial charge is 0.329 e. The lowest BCUT2D eigenvalue weighted by Crippen LogP contribution is -2.43. The van der Waals surface area contributed by atoms with Gasteiger partial charge in [-0.1, -0.05) is 19.4 Å². The van der Waals surface area contributed by atoms with Gasteiger partial charge >= 0.3 is 5.97 Å². The van der Waals surface area contributed by atoms with E-state index in [2.05, 4.69) is 5.32 Å². The predicted octanol–water partition coefficient (Wildman–Crippen LogP) is 2.96. The highest BCUT2D eigenvalue weighted by Crippen LogP contribution is 2.26. The summed E-state index contributed by atoms with van der Waals surface area (Å²) in [5.41, 5.74) is -0.161. The van der Waals surface area contributed by atoms with Gasteiger partial charge in [0.15, 0.2) is 0 Å². The van der Waals surface area contributed by atoms with E-state index in [4.69, 9.17) is 0 Å². The zero-order valence-corrected chi connectivity index (χ0v) is 11.3. The van der Waals surface area contributed by atoms with E-state index in [0.717, 1.165) is 0 Å². The summed E-state index contributed by atoms with van der Waals surface area (Å²) in [5.74, 6) is -0.974. The van der Waals surface area contributed by atoms with Crippen LogP contribution in [0.25, 0.3) is 0 Å². The van der Waals surface area contributed by atoms with Crippen molar-refractivity contribution in [3.63, 3.8) is 0 Å². The Kier molecular flexibility index (Phi) is 4.47. The second-order valence-electron chi connectivity index (χ2n) is 4.77. The van der Waals surface area contributed by atoms with E-state index in [1.165, 1.54) is 6.07 Å². The van der Waals surface area contributed by atoms with Gasteiger partial charge in [0.25, 0.3) is 5.69 Å². The summed E-state index contributed by atoms with van der Waals surface area (Å²) in [7, 11) is 0. The molecule has 1 unspecified atom stereocenters. The number of anilines is 1. The molecule has 0 bridgehead atoms. The molecule has 1 rings (SSSR count). The second-order valence-corrected chi connectivity index (χ2v) is 4.77. The molecule has 104 valence electrons. The number of nitro benzene ring substituents is 1. The molecule has 19 heavy (non-hydrogen) atoms. The lowest BCUT2D eigenvalue weighted by molar-refractivity contribution is -0.385. The number of rotatable bonds is 6. The third kappa shape index (κ3) is 3.43. The van der Waals surface area contributed by atoms with Crippen molar-refractivity contribution in [2.75, 3.05) is 5.32 Å². The highest BCUT2D eigenvalue weighted by molar-refractivity contribution is 5.82. The van der Waals surface area contributed by atoms with Crippen LogP contribution in [0, 0.1) is 17.0 Å². The Labute approximate surface area is 111 Å². The van der Waals surface area contributed by atoms with E-state index in [1.807, 2.05) is 6.92 Å². The fourth-order valence-electron chi connectivity index (χ4n) is 1.93. The van der Waals surface area contributed by atoms with Crippen LogP contribution in [0.2, 0.25) is 0 Å². The normalized spacial score (nSPS) is 13.6. The molecule has 1 aromatic rings. The number of aliphatic carboxylic acids is 1. The Morgan fingerprint density at radius 1 is 1.53 bits per heavy atom. The molecule has 0 aliphatic heterocycles. The monoisotopic (exact) mass is 266 g/mol. The maximum absolute atomic E-state index is 11.3. The summed E-state index contributed by atoms with van der Waals surface area (Å²) in [6.45, 7) is 5.11. The second kappa shape index (κ2) is 5.69. The van der Waals surface area contributed by atoms with Crippen molar-refractivity contribution in [1.29, 1.82) is 0 Å². The number of benzene rings is 1. The molecular formula is C13H18N2O4. The molecule has 0 radical (unpaired) electrons. The Balaban J connectivity index is 3.07. The standard InChI is InChI=1S/C13H18N2O4/c1-4-7-13(3,12(16)17)14-10-6-5-9(2)11(8-10)15(18)19/h5-6,8,14H,4,7H2,1-3H3,(H,16,17). The third-order valence-electron chi connectivity index (χ3n) is 3.05. The minimum Gasteiger partial charge on any atom is -0.480 e. The number of hydrogen-bond donors (Lipinski definition) is 2. The van der Waals surface area contributed by atoms with Gasteiger partial charge in [0.05, 0.1) is 4.92 Å². The van der Waals surface area contributed by atoms with Crippen molar-refractivity contribution in [3.8, 4) is 0 Å². The van der Waals surface area contributed by atoms with Crippen molar-refractivity contribution in [1.82, 2.24) is 0 Å². The van der Waals surface area contributed by atoms with Crippen LogP contribution in [0.1, 0.15) is 32.3 Å². The Morgan fingerprint density at radius 2 is 2.16 bits per heavy atom. The highest BCUT2D eigenvalue weighted by Gasteiger charge is 2.32. The number of carboxylic acids is 1. The minimum atomic E-state index is -1.13. The topological polar surface area (TPSA) is 92.5 Å². The van der Waals surface area contributed by atoms with Gasteiger partial charge in [-0.2, -0.15) is 0 Å². The summed E-state index contributed by atoms with van der Waals surface area (Å²) in [6.07, 6.45) is 1.13. The van der Waals surface area contributed by atoms with Crippen molar-refractivity contribution in [2.45, 2.75) is 39.2 Å². The number of nitrogens with one attached hydrogen (secondary N) is 1. The summed E-state index contributed by atoms with van der Waals surface area (Å²) >= 11 is 0. The van der Waals surface area contributed by atoms with Crippen LogP contribution in [-0.4, -0.2) is 21.5 Å². The first-order valence-corrected chi connectivity index (χ1v) is 6.07. The molecule has 0 aliphatic carbocycles. The zero-order valence-electron chi connectivity index (χ0n) is 11.3. The summed E-state index contributed by atoms with van der Waals surface area (Å²) < 4.78 is 0. The van der Waals surface area contributed by atoms with Crippen LogP contribution in [0.4, 0.5) is 11.4 Å². The first kappa shape index (κ1) is 14.9. The SMILES string of the molecule is CCCC(C)(Nc1ccc(C)c([N+](=O)[O-])c1)C(=O)O. The average molecular weight is 266 g/mol. The number of aryl methyl sites for hydroxylation is 1. The number of carboxylic acid groups (broad SMARTS) is 1. The molecule has 6 heteroatoms. The van der Waals surface area contributed by atoms with Gasteiger partial charge in [-0.15, -0.1) is 0 Å². The average Bonchev–Trinajstić information content (AvgIpc) is 2.31. The van der Waals surface area contributed by atoms with Crippen LogP contribution in [0.5, 0.6) is 0 Å². The minimum absolute atomic E-state index is 0.0192. The summed E-state index contributed by atoms with van der Waals surface area (Å²) in [5, 5.41) is 23.0. The molecule has 6 nitrogen and oxygen atoms in total. The van der Waals surface area contributed by atoms with Gasteiger partial charge in [0.1, 0.15) is 5.54 Å². The van der Waals surface area contributed by atoms with Crippen molar-refractivity contribution >= 4 is 17.3 Å². The van der Waals surface area contributed by atoms with Crippen LogP contribution >= 0.6 is 0 Å². The van der Waals surface area contributed by atoms with Crippen LogP contribution < -0.4 is 5.32 Å². The highest BCUT2D eigenvalue weighted by atomic mass is 16.6. The van der Waals surface area contributed by atoms with E-state index in [-0.39, 0.29) is 5.69 Å². The van der Waals surface area contributed by atoms with Gasteiger partial charge in [0, 0.05) is 17.3 Å². The fourth-order valence-corrected chi connectivity index (χ4v) is 1.93. The number of hydrogen-bond acceptors (Lipinski definition) is 4. The van der Waals surface area contributed by atoms with Crippen LogP contribution in [0.15, 0.2) is 18.2 Å². The largest absolute Gasteiger partial charge is 0.480 e. The van der Waals surface area contributed by atoms with Crippen LogP contribution in [0.3, 0.4) is 0 Å². The number of carbonyl (C=O) groups is 1. The van der Waals surface area contributed by atoms with Gasteiger partial charge < -0.3 is 10.4 Å². The van der Waals surface area contributed by atoms with E-state index < -0.39 is 16.4 Å². The molecule has 0 aliphatic rings. The van der Waals surface area contributed by atoms with Gasteiger partial charge in [0.2, 0.25) is 0 Å². The lowest BCUT2D eigenvalue weighted by Gasteiger charge is -2.27. The molecule has 1 atom stereocenters. The van der Waals surface area contributed by atoms with E-state index in [1.54, 1.807) is 26.0 Å². The molecular weight excluding hydrogens is 248 g/mol. The molecule has 2 N–H and O–H groups in total. The first-order chi connectivity index (χ1) is 8.80. The summed E-state index contributed by atoms with van der Waals surface area (Å²) in [4.78, 5) is 21.7. The molecule has 0 heterocycles. The fraction of sp³-hybridized carbons (Fsp3) is 0.462. The van der Waals surface area contributed by atoms with Crippen molar-refractivity contribution in [3.05, 3.63) is 33.9 Å². The number of nitro groups is 1. The van der Waals surface area contributed by atoms with Gasteiger partial charge in [-0.25, -0.2) is 4.79 Å². The molecule has 0 saturated heterocycles. The van der Waals surface area contributed by atoms with E-state index in [0.29, 0.717) is 24.1 Å². The quantitative estimate of drug-likeness (QED) is 0.610. The molecule has 0 saturated carbocycles. The maximum Gasteiger partial charge on any atom is 0.329 e. The lowest BCUT2D eigenvalue weighted by atomic mass is 9.95. The van der Waals surface area contributed by atoms with E-state index in [9.17, 15) is 20.0 Å². The maximum atomic E-state index is 11.3. The molecule has 0 aromatic heterocycles. The Bertz CT molecular complexity index is 501. The van der Waals surface area contributed by atoms with E-state index >= 15 is 0 Å².